The number of para-hydroxylation sites is 2. The van der Waals surface area contributed by atoms with Crippen molar-refractivity contribution in [2.45, 2.75) is 51.5 Å². The maximum atomic E-state index is 3.74. The summed E-state index contributed by atoms with van der Waals surface area (Å²) >= 11 is 0. The molecule has 5 rings (SSSR count). The number of benzene rings is 2. The van der Waals surface area contributed by atoms with Gasteiger partial charge in [-0.15, -0.1) is 0 Å². The van der Waals surface area contributed by atoms with Crippen molar-refractivity contribution in [3.63, 3.8) is 0 Å². The second kappa shape index (κ2) is 10.6. The molecule has 1 aliphatic rings. The van der Waals surface area contributed by atoms with Crippen LogP contribution in [0.1, 0.15) is 55.6 Å². The van der Waals surface area contributed by atoms with Crippen molar-refractivity contribution in [2.75, 3.05) is 41.3 Å². The fourth-order valence-electron chi connectivity index (χ4n) is 6.41. The van der Waals surface area contributed by atoms with Crippen molar-refractivity contribution in [1.82, 2.24) is 19.4 Å². The monoisotopic (exact) mass is 508 g/mol. The summed E-state index contributed by atoms with van der Waals surface area (Å²) in [5.41, 5.74) is 9.54. The van der Waals surface area contributed by atoms with E-state index in [2.05, 4.69) is 135 Å². The third-order valence-corrected chi connectivity index (χ3v) is 8.12. The van der Waals surface area contributed by atoms with E-state index >= 15 is 0 Å². The molecule has 4 heteroatoms. The number of H-pyrrole nitrogens is 1. The molecule has 38 heavy (non-hydrogen) atoms. The van der Waals surface area contributed by atoms with Crippen molar-refractivity contribution in [1.29, 1.82) is 0 Å². The first-order chi connectivity index (χ1) is 18.2. The van der Waals surface area contributed by atoms with Gasteiger partial charge < -0.3 is 19.4 Å². The average Bonchev–Trinajstić information content (AvgIpc) is 3.48. The predicted octanol–water partition coefficient (Wildman–Crippen LogP) is 7.21. The van der Waals surface area contributed by atoms with Gasteiger partial charge in [0.1, 0.15) is 0 Å². The molecule has 2 aromatic carbocycles. The molecule has 0 saturated carbocycles. The van der Waals surface area contributed by atoms with E-state index in [1.807, 2.05) is 0 Å². The van der Waals surface area contributed by atoms with Crippen molar-refractivity contribution in [3.8, 4) is 0 Å². The van der Waals surface area contributed by atoms with E-state index in [0.717, 1.165) is 32.4 Å². The van der Waals surface area contributed by atoms with Gasteiger partial charge in [-0.05, 0) is 97.6 Å². The first-order valence-corrected chi connectivity index (χ1v) is 14.0. The number of hydrogen-bond acceptors (Lipinski definition) is 2. The molecule has 1 aliphatic heterocycles. The standard InChI is InChI=1S/C34H44N4/c1-24(2)22-25-23-34(3,38-32-15-11-9-13-28(32)29(33(25)38)18-21-37(6)7)19-16-31-27(17-20-36(4)5)26-12-8-10-14-30(26)35-31/h8-16,19,22,25,35H,17-18,20-21,23H2,1-7H3/t25-,34-/m0/s1. The van der Waals surface area contributed by atoms with Gasteiger partial charge in [0.2, 0.25) is 0 Å². The third kappa shape index (κ3) is 5.00. The van der Waals surface area contributed by atoms with Crippen LogP contribution in [-0.4, -0.2) is 60.6 Å². The number of allylic oxidation sites excluding steroid dienone is 3. The van der Waals surface area contributed by atoms with Gasteiger partial charge in [0, 0.05) is 52.2 Å². The van der Waals surface area contributed by atoms with Gasteiger partial charge in [0.15, 0.2) is 0 Å². The predicted molar refractivity (Wildman–Crippen MR) is 164 cm³/mol. The van der Waals surface area contributed by atoms with E-state index in [-0.39, 0.29) is 5.54 Å². The van der Waals surface area contributed by atoms with E-state index in [1.54, 1.807) is 0 Å². The zero-order valence-corrected chi connectivity index (χ0v) is 24.3. The molecular formula is C34H44N4. The lowest BCUT2D eigenvalue weighted by Gasteiger charge is -2.25. The first kappa shape index (κ1) is 26.5. The van der Waals surface area contributed by atoms with Gasteiger partial charge in [0.25, 0.3) is 0 Å². The number of likely N-dealkylation sites (N-methyl/N-ethyl adjacent to an activating group) is 2. The van der Waals surface area contributed by atoms with Crippen LogP contribution in [0.25, 0.3) is 27.9 Å². The second-order valence-corrected chi connectivity index (χ2v) is 12.1. The Kier molecular flexibility index (Phi) is 7.39. The molecule has 0 fully saturated rings. The summed E-state index contributed by atoms with van der Waals surface area (Å²) in [4.78, 5) is 8.31. The lowest BCUT2D eigenvalue weighted by Crippen LogP contribution is -2.23. The summed E-state index contributed by atoms with van der Waals surface area (Å²) in [5, 5.41) is 2.75. The highest BCUT2D eigenvalue weighted by atomic mass is 15.1. The Hall–Kier alpha value is -3.08. The van der Waals surface area contributed by atoms with Crippen molar-refractivity contribution in [2.24, 2.45) is 0 Å². The van der Waals surface area contributed by atoms with E-state index in [9.17, 15) is 0 Å². The zero-order valence-electron chi connectivity index (χ0n) is 24.3. The summed E-state index contributed by atoms with van der Waals surface area (Å²) in [6.07, 6.45) is 10.5. The smallest absolute Gasteiger partial charge is 0.0616 e. The van der Waals surface area contributed by atoms with Crippen LogP contribution >= 0.6 is 0 Å². The van der Waals surface area contributed by atoms with Crippen molar-refractivity contribution < 1.29 is 0 Å². The van der Waals surface area contributed by atoms with Crippen LogP contribution in [0, 0.1) is 0 Å². The molecule has 3 heterocycles. The number of nitrogens with one attached hydrogen (secondary N) is 1. The molecule has 1 N–H and O–H groups in total. The molecule has 200 valence electrons. The number of aromatic amines is 1. The number of rotatable bonds is 9. The molecule has 0 unspecified atom stereocenters. The largest absolute Gasteiger partial charge is 0.355 e. The van der Waals surface area contributed by atoms with Crippen LogP contribution in [0.2, 0.25) is 0 Å². The van der Waals surface area contributed by atoms with Gasteiger partial charge in [-0.1, -0.05) is 54.1 Å². The van der Waals surface area contributed by atoms with Crippen molar-refractivity contribution >= 4 is 27.9 Å². The fourth-order valence-corrected chi connectivity index (χ4v) is 6.41. The summed E-state index contributed by atoms with van der Waals surface area (Å²) < 4.78 is 2.66. The Bertz CT molecular complexity index is 1490. The molecule has 0 aliphatic carbocycles. The normalized spacial score (nSPS) is 19.4. The van der Waals surface area contributed by atoms with Gasteiger partial charge >= 0.3 is 0 Å². The van der Waals surface area contributed by atoms with E-state index in [1.165, 1.54) is 49.9 Å². The van der Waals surface area contributed by atoms with Crippen molar-refractivity contribution in [3.05, 3.63) is 88.8 Å². The van der Waals surface area contributed by atoms with Crippen LogP contribution in [0.3, 0.4) is 0 Å². The Morgan fingerprint density at radius 2 is 1.55 bits per heavy atom. The van der Waals surface area contributed by atoms with Crippen LogP contribution < -0.4 is 0 Å². The Balaban J connectivity index is 1.64. The van der Waals surface area contributed by atoms with Gasteiger partial charge in [-0.3, -0.25) is 0 Å². The zero-order chi connectivity index (χ0) is 27.0. The minimum atomic E-state index is -0.113. The summed E-state index contributed by atoms with van der Waals surface area (Å²) in [6, 6.07) is 17.8. The highest BCUT2D eigenvalue weighted by molar-refractivity contribution is 5.88. The second-order valence-electron chi connectivity index (χ2n) is 12.1. The molecule has 0 radical (unpaired) electrons. The third-order valence-electron chi connectivity index (χ3n) is 8.12. The maximum absolute atomic E-state index is 3.74. The van der Waals surface area contributed by atoms with Crippen LogP contribution in [-0.2, 0) is 18.4 Å². The summed E-state index contributed by atoms with van der Waals surface area (Å²) in [5.74, 6) is 0.412. The summed E-state index contributed by atoms with van der Waals surface area (Å²) in [7, 11) is 8.65. The fraction of sp³-hybridized carbons (Fsp3) is 0.412. The number of nitrogens with zero attached hydrogens (tertiary/aromatic N) is 3. The highest BCUT2D eigenvalue weighted by Crippen LogP contribution is 2.49. The molecule has 2 aromatic heterocycles. The van der Waals surface area contributed by atoms with E-state index in [4.69, 9.17) is 0 Å². The van der Waals surface area contributed by atoms with E-state index in [0.29, 0.717) is 5.92 Å². The molecule has 0 amide bonds. The van der Waals surface area contributed by atoms with Gasteiger partial charge in [-0.2, -0.15) is 0 Å². The molecule has 4 nitrogen and oxygen atoms in total. The number of fused-ring (bicyclic) bond motifs is 4. The molecule has 0 spiro atoms. The van der Waals surface area contributed by atoms with Crippen LogP contribution in [0.5, 0.6) is 0 Å². The Morgan fingerprint density at radius 1 is 0.921 bits per heavy atom. The SMILES string of the molecule is CC(C)=C[C@H]1C[C@](C)(C=Cc2[nH]c3ccccc3c2CCN(C)C)n2c1c(CCN(C)C)c1ccccc12. The highest BCUT2D eigenvalue weighted by Gasteiger charge is 2.41. The molecule has 4 aromatic rings. The van der Waals surface area contributed by atoms with Crippen LogP contribution in [0.4, 0.5) is 0 Å². The molecule has 0 saturated heterocycles. The number of hydrogen-bond donors (Lipinski definition) is 1. The lowest BCUT2D eigenvalue weighted by molar-refractivity contribution is 0.413. The average molecular weight is 509 g/mol. The minimum absolute atomic E-state index is 0.113. The summed E-state index contributed by atoms with van der Waals surface area (Å²) in [6.45, 7) is 8.98. The first-order valence-electron chi connectivity index (χ1n) is 14.0. The van der Waals surface area contributed by atoms with Gasteiger partial charge in [0.05, 0.1) is 5.54 Å². The molecule has 0 bridgehead atoms. The minimum Gasteiger partial charge on any atom is -0.355 e. The quantitative estimate of drug-likeness (QED) is 0.242. The Morgan fingerprint density at radius 3 is 2.24 bits per heavy atom. The Labute approximate surface area is 228 Å². The molecule has 2 atom stereocenters. The topological polar surface area (TPSA) is 27.2 Å². The number of aromatic nitrogens is 2. The van der Waals surface area contributed by atoms with E-state index < -0.39 is 0 Å². The molecular weight excluding hydrogens is 464 g/mol. The van der Waals surface area contributed by atoms with Crippen LogP contribution in [0.15, 0.2) is 66.3 Å². The maximum Gasteiger partial charge on any atom is 0.0616 e. The lowest BCUT2D eigenvalue weighted by atomic mass is 9.88. The van der Waals surface area contributed by atoms with Gasteiger partial charge in [-0.25, -0.2) is 0 Å².